The second kappa shape index (κ2) is 7.39. The maximum Gasteiger partial charge on any atom is 0.258 e. The molecule has 0 aliphatic carbocycles. The first-order valence-electron chi connectivity index (χ1n) is 6.10. The van der Waals surface area contributed by atoms with Crippen molar-refractivity contribution >= 4 is 5.91 Å². The number of para-hydroxylation sites is 1. The minimum absolute atomic E-state index is 0.00483. The van der Waals surface area contributed by atoms with Crippen molar-refractivity contribution in [2.24, 2.45) is 0 Å². The largest absolute Gasteiger partial charge is 0.483 e. The number of hydrogen-bond donors (Lipinski definition) is 1. The molecule has 1 aromatic carbocycles. The van der Waals surface area contributed by atoms with Crippen molar-refractivity contribution in [3.05, 3.63) is 29.8 Å². The highest BCUT2D eigenvalue weighted by molar-refractivity contribution is 5.77. The van der Waals surface area contributed by atoms with Gasteiger partial charge in [-0.2, -0.15) is 0 Å². The predicted molar refractivity (Wildman–Crippen MR) is 72.5 cm³/mol. The molecule has 1 rings (SSSR count). The van der Waals surface area contributed by atoms with E-state index < -0.39 is 0 Å². The smallest absolute Gasteiger partial charge is 0.258 e. The highest BCUT2D eigenvalue weighted by Crippen LogP contribution is 2.28. The lowest BCUT2D eigenvalue weighted by molar-refractivity contribution is -0.122. The standard InChI is InChI=1S/C15H19NO2/c1-4-10-16-15(17)11-18-14-9-7-6-8-13(14)12(3)5-2/h1,6-9,12H,5,10-11H2,2-3H3,(H,16,17). The van der Waals surface area contributed by atoms with Crippen LogP contribution in [0.2, 0.25) is 0 Å². The molecule has 18 heavy (non-hydrogen) atoms. The van der Waals surface area contributed by atoms with Crippen LogP contribution in [-0.2, 0) is 4.79 Å². The Morgan fingerprint density at radius 3 is 2.89 bits per heavy atom. The monoisotopic (exact) mass is 245 g/mol. The molecule has 0 aliphatic heterocycles. The second-order valence-electron chi connectivity index (χ2n) is 4.12. The van der Waals surface area contributed by atoms with Crippen LogP contribution in [0.1, 0.15) is 31.7 Å². The molecular formula is C15H19NO2. The summed E-state index contributed by atoms with van der Waals surface area (Å²) in [6.45, 7) is 4.49. The third-order valence-electron chi connectivity index (χ3n) is 2.81. The number of rotatable bonds is 6. The maximum absolute atomic E-state index is 11.4. The van der Waals surface area contributed by atoms with Crippen molar-refractivity contribution in [2.75, 3.05) is 13.2 Å². The Morgan fingerprint density at radius 1 is 1.50 bits per heavy atom. The topological polar surface area (TPSA) is 38.3 Å². The van der Waals surface area contributed by atoms with Crippen LogP contribution >= 0.6 is 0 Å². The van der Waals surface area contributed by atoms with E-state index in [9.17, 15) is 4.79 Å². The van der Waals surface area contributed by atoms with Crippen LogP contribution in [0.5, 0.6) is 5.75 Å². The van der Waals surface area contributed by atoms with Gasteiger partial charge in [0.25, 0.3) is 5.91 Å². The summed E-state index contributed by atoms with van der Waals surface area (Å²) in [6, 6.07) is 7.80. The van der Waals surface area contributed by atoms with Gasteiger partial charge in [0.15, 0.2) is 6.61 Å². The van der Waals surface area contributed by atoms with E-state index in [2.05, 4.69) is 25.1 Å². The van der Waals surface area contributed by atoms with Crippen LogP contribution < -0.4 is 10.1 Å². The van der Waals surface area contributed by atoms with Gasteiger partial charge < -0.3 is 10.1 Å². The van der Waals surface area contributed by atoms with Gasteiger partial charge in [-0.3, -0.25) is 4.79 Å². The number of carbonyl (C=O) groups is 1. The molecule has 1 N–H and O–H groups in total. The van der Waals surface area contributed by atoms with Crippen LogP contribution in [0.15, 0.2) is 24.3 Å². The zero-order valence-electron chi connectivity index (χ0n) is 10.9. The highest BCUT2D eigenvalue weighted by atomic mass is 16.5. The number of terminal acetylenes is 1. The summed E-state index contributed by atoms with van der Waals surface area (Å²) in [5.74, 6) is 3.32. The lowest BCUT2D eigenvalue weighted by atomic mass is 9.98. The van der Waals surface area contributed by atoms with Gasteiger partial charge in [-0.1, -0.05) is 38.0 Å². The Labute approximate surface area is 109 Å². The Morgan fingerprint density at radius 2 is 2.22 bits per heavy atom. The zero-order chi connectivity index (χ0) is 13.4. The minimum Gasteiger partial charge on any atom is -0.483 e. The minimum atomic E-state index is -0.202. The lowest BCUT2D eigenvalue weighted by Gasteiger charge is -2.15. The van der Waals surface area contributed by atoms with E-state index in [0.717, 1.165) is 17.7 Å². The summed E-state index contributed by atoms with van der Waals surface area (Å²) < 4.78 is 5.54. The number of benzene rings is 1. The fourth-order valence-corrected chi connectivity index (χ4v) is 1.58. The molecule has 0 fully saturated rings. The highest BCUT2D eigenvalue weighted by Gasteiger charge is 2.10. The van der Waals surface area contributed by atoms with Crippen LogP contribution in [0.25, 0.3) is 0 Å². The summed E-state index contributed by atoms with van der Waals surface area (Å²) in [6.07, 6.45) is 6.09. The third kappa shape index (κ3) is 4.14. The molecule has 0 spiro atoms. The Kier molecular flexibility index (Phi) is 5.79. The van der Waals surface area contributed by atoms with E-state index in [1.807, 2.05) is 24.3 Å². The molecule has 0 radical (unpaired) electrons. The van der Waals surface area contributed by atoms with Crippen molar-refractivity contribution in [3.8, 4) is 18.1 Å². The fourth-order valence-electron chi connectivity index (χ4n) is 1.58. The van der Waals surface area contributed by atoms with Crippen LogP contribution in [0, 0.1) is 12.3 Å². The van der Waals surface area contributed by atoms with Gasteiger partial charge in [-0.15, -0.1) is 6.42 Å². The number of ether oxygens (including phenoxy) is 1. The van der Waals surface area contributed by atoms with Gasteiger partial charge in [-0.25, -0.2) is 0 Å². The van der Waals surface area contributed by atoms with E-state index in [1.165, 1.54) is 0 Å². The molecule has 1 amide bonds. The number of nitrogens with one attached hydrogen (secondary N) is 1. The molecule has 0 heterocycles. The van der Waals surface area contributed by atoms with Gasteiger partial charge in [0.1, 0.15) is 5.75 Å². The predicted octanol–water partition coefficient (Wildman–Crippen LogP) is 2.33. The molecule has 0 saturated heterocycles. The third-order valence-corrected chi connectivity index (χ3v) is 2.81. The maximum atomic E-state index is 11.4. The Hall–Kier alpha value is -1.95. The normalized spacial score (nSPS) is 11.4. The molecule has 0 aliphatic rings. The van der Waals surface area contributed by atoms with E-state index in [4.69, 9.17) is 11.2 Å². The van der Waals surface area contributed by atoms with Crippen LogP contribution in [0.3, 0.4) is 0 Å². The van der Waals surface area contributed by atoms with Gasteiger partial charge in [0.05, 0.1) is 6.54 Å². The molecule has 1 unspecified atom stereocenters. The molecule has 1 atom stereocenters. The SMILES string of the molecule is C#CCNC(=O)COc1ccccc1C(C)CC. The van der Waals surface area contributed by atoms with E-state index >= 15 is 0 Å². The van der Waals surface area contributed by atoms with Crippen LogP contribution in [0.4, 0.5) is 0 Å². The fraction of sp³-hybridized carbons (Fsp3) is 0.400. The van der Waals surface area contributed by atoms with Crippen molar-refractivity contribution in [3.63, 3.8) is 0 Å². The second-order valence-corrected chi connectivity index (χ2v) is 4.12. The first-order chi connectivity index (χ1) is 8.69. The van der Waals surface area contributed by atoms with Crippen molar-refractivity contribution < 1.29 is 9.53 Å². The zero-order valence-corrected chi connectivity index (χ0v) is 10.9. The first-order valence-corrected chi connectivity index (χ1v) is 6.10. The van der Waals surface area contributed by atoms with Crippen LogP contribution in [-0.4, -0.2) is 19.1 Å². The number of amides is 1. The first kappa shape index (κ1) is 14.1. The molecule has 3 nitrogen and oxygen atoms in total. The summed E-state index contributed by atoms with van der Waals surface area (Å²) in [4.78, 5) is 11.4. The Balaban J connectivity index is 2.62. The summed E-state index contributed by atoms with van der Waals surface area (Å²) >= 11 is 0. The molecule has 0 bridgehead atoms. The molecule has 0 aromatic heterocycles. The van der Waals surface area contributed by atoms with Crippen molar-refractivity contribution in [1.29, 1.82) is 0 Å². The van der Waals surface area contributed by atoms with E-state index in [-0.39, 0.29) is 19.1 Å². The summed E-state index contributed by atoms with van der Waals surface area (Å²) in [7, 11) is 0. The van der Waals surface area contributed by atoms with Gasteiger partial charge in [0, 0.05) is 0 Å². The lowest BCUT2D eigenvalue weighted by Crippen LogP contribution is -2.29. The summed E-state index contributed by atoms with van der Waals surface area (Å²) in [5.41, 5.74) is 1.13. The van der Waals surface area contributed by atoms with Gasteiger partial charge in [0.2, 0.25) is 0 Å². The summed E-state index contributed by atoms with van der Waals surface area (Å²) in [5, 5.41) is 2.57. The van der Waals surface area contributed by atoms with E-state index in [0.29, 0.717) is 5.92 Å². The van der Waals surface area contributed by atoms with E-state index in [1.54, 1.807) is 0 Å². The average Bonchev–Trinajstić information content (AvgIpc) is 2.42. The molecule has 96 valence electrons. The quantitative estimate of drug-likeness (QED) is 0.781. The molecular weight excluding hydrogens is 226 g/mol. The van der Waals surface area contributed by atoms with Gasteiger partial charge >= 0.3 is 0 Å². The average molecular weight is 245 g/mol. The number of hydrogen-bond acceptors (Lipinski definition) is 2. The molecule has 1 aromatic rings. The van der Waals surface area contributed by atoms with Gasteiger partial charge in [-0.05, 0) is 24.0 Å². The molecule has 3 heteroatoms. The Bertz CT molecular complexity index is 434. The number of carbonyl (C=O) groups excluding carboxylic acids is 1. The molecule has 0 saturated carbocycles. The van der Waals surface area contributed by atoms with Crippen molar-refractivity contribution in [1.82, 2.24) is 5.32 Å². The van der Waals surface area contributed by atoms with Crippen molar-refractivity contribution in [2.45, 2.75) is 26.2 Å².